The first kappa shape index (κ1) is 22.5. The van der Waals surface area contributed by atoms with Crippen LogP contribution in [-0.4, -0.2) is 17.9 Å². The fraction of sp³-hybridized carbons (Fsp3) is 0.241. The van der Waals surface area contributed by atoms with Gasteiger partial charge in [0.15, 0.2) is 0 Å². The van der Waals surface area contributed by atoms with E-state index in [0.717, 1.165) is 27.8 Å². The summed E-state index contributed by atoms with van der Waals surface area (Å²) in [6.07, 6.45) is 2.20. The van der Waals surface area contributed by atoms with Crippen LogP contribution in [0.15, 0.2) is 91.5 Å². The Morgan fingerprint density at radius 2 is 1.45 bits per heavy atom. The molecule has 0 radical (unpaired) electrons. The molecule has 1 atom stereocenters. The second-order valence-electron chi connectivity index (χ2n) is 8.78. The molecule has 0 aromatic heterocycles. The number of carbonyl (C=O) groups excluding carboxylic acids is 2. The molecule has 4 heteroatoms. The second-order valence-corrected chi connectivity index (χ2v) is 8.78. The van der Waals surface area contributed by atoms with Gasteiger partial charge in [0.05, 0.1) is 0 Å². The Bertz CT molecular complexity index is 1120. The van der Waals surface area contributed by atoms with E-state index in [1.54, 1.807) is 6.08 Å². The van der Waals surface area contributed by atoms with Crippen molar-refractivity contribution in [3.05, 3.63) is 108 Å². The van der Waals surface area contributed by atoms with Gasteiger partial charge < -0.3 is 10.1 Å². The Balaban J connectivity index is 1.65. The van der Waals surface area contributed by atoms with Gasteiger partial charge >= 0.3 is 5.97 Å². The van der Waals surface area contributed by atoms with Crippen LogP contribution in [0, 0.1) is 5.92 Å². The van der Waals surface area contributed by atoms with Gasteiger partial charge in [0.25, 0.3) is 0 Å². The summed E-state index contributed by atoms with van der Waals surface area (Å²) >= 11 is 0. The number of fused-ring (bicyclic) bond motifs is 3. The van der Waals surface area contributed by atoms with Gasteiger partial charge in [-0.1, -0.05) is 98.8 Å². The number of rotatable bonds is 8. The number of allylic oxidation sites excluding steroid dienone is 1. The molecule has 33 heavy (non-hydrogen) atoms. The summed E-state index contributed by atoms with van der Waals surface area (Å²) in [7, 11) is 0. The number of hydrogen-bond donors (Lipinski definition) is 1. The lowest BCUT2D eigenvalue weighted by Gasteiger charge is -2.32. The minimum Gasteiger partial charge on any atom is -0.459 e. The van der Waals surface area contributed by atoms with Crippen molar-refractivity contribution in [3.63, 3.8) is 0 Å². The molecular formula is C29H29NO3. The zero-order valence-electron chi connectivity index (χ0n) is 19.1. The Kier molecular flexibility index (Phi) is 6.45. The van der Waals surface area contributed by atoms with Crippen LogP contribution in [0.3, 0.4) is 0 Å². The lowest BCUT2D eigenvalue weighted by molar-refractivity contribution is -0.151. The Labute approximate surface area is 195 Å². The number of nitrogens with one attached hydrogen (secondary N) is 1. The minimum atomic E-state index is -0.943. The van der Waals surface area contributed by atoms with Crippen LogP contribution >= 0.6 is 0 Å². The third-order valence-electron chi connectivity index (χ3n) is 6.33. The molecule has 4 nitrogen and oxygen atoms in total. The highest BCUT2D eigenvalue weighted by atomic mass is 16.5. The van der Waals surface area contributed by atoms with Crippen molar-refractivity contribution >= 4 is 11.9 Å². The molecule has 0 fully saturated rings. The molecule has 0 unspecified atom stereocenters. The molecule has 4 rings (SSSR count). The van der Waals surface area contributed by atoms with Gasteiger partial charge in [0.1, 0.15) is 18.1 Å². The summed E-state index contributed by atoms with van der Waals surface area (Å²) in [5, 5.41) is 3.04. The van der Waals surface area contributed by atoms with Crippen LogP contribution in [0.2, 0.25) is 0 Å². The number of ether oxygens (including phenoxy) is 1. The zero-order chi connectivity index (χ0) is 23.4. The highest BCUT2D eigenvalue weighted by Crippen LogP contribution is 2.51. The number of carbonyl (C=O) groups is 2. The quantitative estimate of drug-likeness (QED) is 0.377. The standard InChI is InChI=1S/C29H29NO3/c1-4-18-29(24-16-10-8-14-22(24)23-15-9-11-17-25(23)29)28(32)30-26(20(2)3)27(31)33-19-21-12-6-5-7-13-21/h4-17,20,26H,1,18-19H2,2-3H3,(H,30,32)/t26-/m0/s1. The minimum absolute atomic E-state index is 0.134. The molecule has 0 saturated carbocycles. The van der Waals surface area contributed by atoms with E-state index in [0.29, 0.717) is 6.42 Å². The first-order valence-corrected chi connectivity index (χ1v) is 11.3. The van der Waals surface area contributed by atoms with Crippen LogP contribution < -0.4 is 5.32 Å². The van der Waals surface area contributed by atoms with Crippen molar-refractivity contribution < 1.29 is 14.3 Å². The van der Waals surface area contributed by atoms with Gasteiger partial charge in [-0.2, -0.15) is 0 Å². The molecule has 0 heterocycles. The predicted octanol–water partition coefficient (Wildman–Crippen LogP) is 5.41. The average molecular weight is 440 g/mol. The summed E-state index contributed by atoms with van der Waals surface area (Å²) < 4.78 is 5.57. The summed E-state index contributed by atoms with van der Waals surface area (Å²) in [6.45, 7) is 7.92. The van der Waals surface area contributed by atoms with Gasteiger partial charge in [-0.25, -0.2) is 4.79 Å². The molecular weight excluding hydrogens is 410 g/mol. The summed E-state index contributed by atoms with van der Waals surface area (Å²) in [5.74, 6) is -0.782. The van der Waals surface area contributed by atoms with E-state index < -0.39 is 17.4 Å². The Morgan fingerprint density at radius 3 is 2.00 bits per heavy atom. The van der Waals surface area contributed by atoms with E-state index in [1.165, 1.54) is 0 Å². The fourth-order valence-electron chi connectivity index (χ4n) is 4.68. The maximum atomic E-state index is 14.0. The molecule has 1 N–H and O–H groups in total. The number of hydrogen-bond acceptors (Lipinski definition) is 3. The number of esters is 1. The topological polar surface area (TPSA) is 55.4 Å². The molecule has 0 aliphatic heterocycles. The average Bonchev–Trinajstić information content (AvgIpc) is 3.12. The second kappa shape index (κ2) is 9.45. The highest BCUT2D eigenvalue weighted by molar-refractivity contribution is 6.02. The molecule has 0 bridgehead atoms. The Morgan fingerprint density at radius 1 is 0.909 bits per heavy atom. The maximum Gasteiger partial charge on any atom is 0.329 e. The smallest absolute Gasteiger partial charge is 0.329 e. The molecule has 168 valence electrons. The lowest BCUT2D eigenvalue weighted by atomic mass is 9.74. The lowest BCUT2D eigenvalue weighted by Crippen LogP contribution is -2.52. The molecule has 3 aromatic rings. The van der Waals surface area contributed by atoms with Crippen molar-refractivity contribution in [1.82, 2.24) is 5.32 Å². The van der Waals surface area contributed by atoms with Crippen LogP contribution in [-0.2, 0) is 26.3 Å². The fourth-order valence-corrected chi connectivity index (χ4v) is 4.68. The zero-order valence-corrected chi connectivity index (χ0v) is 19.1. The van der Waals surface area contributed by atoms with Crippen molar-refractivity contribution in [1.29, 1.82) is 0 Å². The molecule has 3 aromatic carbocycles. The van der Waals surface area contributed by atoms with Gasteiger partial charge in [-0.05, 0) is 40.2 Å². The first-order valence-electron chi connectivity index (χ1n) is 11.3. The van der Waals surface area contributed by atoms with E-state index in [1.807, 2.05) is 92.7 Å². The van der Waals surface area contributed by atoms with Crippen molar-refractivity contribution in [2.45, 2.75) is 38.3 Å². The summed E-state index contributed by atoms with van der Waals surface area (Å²) in [4.78, 5) is 27.0. The summed E-state index contributed by atoms with van der Waals surface area (Å²) in [5.41, 5.74) is 3.91. The molecule has 0 spiro atoms. The normalized spacial score (nSPS) is 14.2. The van der Waals surface area contributed by atoms with Crippen LogP contribution in [0.5, 0.6) is 0 Å². The third-order valence-corrected chi connectivity index (χ3v) is 6.33. The Hall–Kier alpha value is -3.66. The van der Waals surface area contributed by atoms with Gasteiger partial charge in [-0.15, -0.1) is 6.58 Å². The molecule has 1 amide bonds. The van der Waals surface area contributed by atoms with E-state index in [4.69, 9.17) is 4.74 Å². The summed E-state index contributed by atoms with van der Waals surface area (Å²) in [6, 6.07) is 24.7. The molecule has 0 saturated heterocycles. The van der Waals surface area contributed by atoms with Crippen molar-refractivity contribution in [2.24, 2.45) is 5.92 Å². The third kappa shape index (κ3) is 4.09. The molecule has 1 aliphatic rings. The van der Waals surface area contributed by atoms with E-state index >= 15 is 0 Å². The van der Waals surface area contributed by atoms with Gasteiger partial charge in [0.2, 0.25) is 5.91 Å². The van der Waals surface area contributed by atoms with E-state index in [2.05, 4.69) is 11.9 Å². The van der Waals surface area contributed by atoms with Crippen LogP contribution in [0.1, 0.15) is 37.0 Å². The number of amides is 1. The van der Waals surface area contributed by atoms with Crippen molar-refractivity contribution in [2.75, 3.05) is 0 Å². The monoisotopic (exact) mass is 439 g/mol. The maximum absolute atomic E-state index is 14.0. The SMILES string of the molecule is C=CCC1(C(=O)N[C@H](C(=O)OCc2ccccc2)C(C)C)c2ccccc2-c2ccccc21. The van der Waals surface area contributed by atoms with E-state index in [9.17, 15) is 9.59 Å². The number of benzene rings is 3. The van der Waals surface area contributed by atoms with Gasteiger partial charge in [-0.3, -0.25) is 4.79 Å². The van der Waals surface area contributed by atoms with Crippen LogP contribution in [0.4, 0.5) is 0 Å². The van der Waals surface area contributed by atoms with Crippen LogP contribution in [0.25, 0.3) is 11.1 Å². The molecule has 1 aliphatic carbocycles. The van der Waals surface area contributed by atoms with Gasteiger partial charge in [0, 0.05) is 0 Å². The predicted molar refractivity (Wildman–Crippen MR) is 130 cm³/mol. The highest BCUT2D eigenvalue weighted by Gasteiger charge is 2.49. The largest absolute Gasteiger partial charge is 0.459 e. The first-order chi connectivity index (χ1) is 16.0. The van der Waals surface area contributed by atoms with E-state index in [-0.39, 0.29) is 18.4 Å². The van der Waals surface area contributed by atoms with Crippen molar-refractivity contribution in [3.8, 4) is 11.1 Å².